The SMILES string of the molecule is COc1ccc(-c2ccsc2C(=O)O)s1. The van der Waals surface area contributed by atoms with E-state index < -0.39 is 5.97 Å². The quantitative estimate of drug-likeness (QED) is 0.896. The molecule has 0 bridgehead atoms. The minimum atomic E-state index is -0.882. The molecule has 0 fully saturated rings. The van der Waals surface area contributed by atoms with E-state index in [0.717, 1.165) is 15.5 Å². The van der Waals surface area contributed by atoms with E-state index in [1.165, 1.54) is 22.7 Å². The summed E-state index contributed by atoms with van der Waals surface area (Å²) in [6.07, 6.45) is 0. The first-order valence-corrected chi connectivity index (χ1v) is 5.87. The molecule has 2 heterocycles. The monoisotopic (exact) mass is 240 g/mol. The summed E-state index contributed by atoms with van der Waals surface area (Å²) >= 11 is 2.68. The zero-order chi connectivity index (χ0) is 10.8. The van der Waals surface area contributed by atoms with Crippen molar-refractivity contribution in [3.8, 4) is 15.5 Å². The van der Waals surface area contributed by atoms with Gasteiger partial charge in [0.05, 0.1) is 7.11 Å². The van der Waals surface area contributed by atoms with E-state index >= 15 is 0 Å². The van der Waals surface area contributed by atoms with Gasteiger partial charge in [0.25, 0.3) is 0 Å². The predicted octanol–water partition coefficient (Wildman–Crippen LogP) is 3.18. The molecule has 0 amide bonds. The molecule has 2 rings (SSSR count). The first kappa shape index (κ1) is 10.2. The van der Waals surface area contributed by atoms with Gasteiger partial charge in [0, 0.05) is 10.4 Å². The van der Waals surface area contributed by atoms with Crippen LogP contribution in [0, 0.1) is 0 Å². The molecule has 3 nitrogen and oxygen atoms in total. The van der Waals surface area contributed by atoms with Crippen LogP contribution >= 0.6 is 22.7 Å². The largest absolute Gasteiger partial charge is 0.487 e. The van der Waals surface area contributed by atoms with Gasteiger partial charge in [-0.25, -0.2) is 4.79 Å². The summed E-state index contributed by atoms with van der Waals surface area (Å²) < 4.78 is 5.07. The molecular formula is C10H8O3S2. The summed E-state index contributed by atoms with van der Waals surface area (Å²) in [5.74, 6) is -0.882. The number of carbonyl (C=O) groups is 1. The lowest BCUT2D eigenvalue weighted by Crippen LogP contribution is -1.93. The van der Waals surface area contributed by atoms with Crippen molar-refractivity contribution < 1.29 is 14.6 Å². The average molecular weight is 240 g/mol. The maximum absolute atomic E-state index is 10.9. The Morgan fingerprint density at radius 1 is 1.40 bits per heavy atom. The molecule has 0 atom stereocenters. The predicted molar refractivity (Wildman–Crippen MR) is 61.1 cm³/mol. The van der Waals surface area contributed by atoms with Gasteiger partial charge >= 0.3 is 5.97 Å². The van der Waals surface area contributed by atoms with E-state index in [9.17, 15) is 4.79 Å². The van der Waals surface area contributed by atoms with Gasteiger partial charge in [0.2, 0.25) is 0 Å². The standard InChI is InChI=1S/C10H8O3S2/c1-13-8-3-2-7(15-8)6-4-5-14-9(6)10(11)12/h2-5H,1H3,(H,11,12). The fourth-order valence-electron chi connectivity index (χ4n) is 1.24. The number of hydrogen-bond acceptors (Lipinski definition) is 4. The Balaban J connectivity index is 2.44. The molecule has 15 heavy (non-hydrogen) atoms. The fraction of sp³-hybridized carbons (Fsp3) is 0.100. The van der Waals surface area contributed by atoms with E-state index in [4.69, 9.17) is 9.84 Å². The van der Waals surface area contributed by atoms with Crippen LogP contribution in [-0.2, 0) is 0 Å². The Morgan fingerprint density at radius 3 is 2.80 bits per heavy atom. The van der Waals surface area contributed by atoms with E-state index in [0.29, 0.717) is 4.88 Å². The maximum atomic E-state index is 10.9. The fourth-order valence-corrected chi connectivity index (χ4v) is 2.91. The van der Waals surface area contributed by atoms with Crippen LogP contribution in [0.1, 0.15) is 9.67 Å². The Hall–Kier alpha value is -1.33. The van der Waals surface area contributed by atoms with Crippen LogP contribution in [0.2, 0.25) is 0 Å². The highest BCUT2D eigenvalue weighted by atomic mass is 32.1. The van der Waals surface area contributed by atoms with Crippen LogP contribution in [0.5, 0.6) is 5.06 Å². The number of carboxylic acids is 1. The number of carboxylic acid groups (broad SMARTS) is 1. The second-order valence-corrected chi connectivity index (χ2v) is 4.75. The third kappa shape index (κ3) is 1.88. The molecule has 0 unspecified atom stereocenters. The van der Waals surface area contributed by atoms with Crippen LogP contribution in [0.25, 0.3) is 10.4 Å². The molecule has 1 N–H and O–H groups in total. The summed E-state index contributed by atoms with van der Waals surface area (Å²) in [7, 11) is 1.60. The second-order valence-electron chi connectivity index (χ2n) is 2.79. The summed E-state index contributed by atoms with van der Waals surface area (Å²) in [5.41, 5.74) is 0.765. The zero-order valence-electron chi connectivity index (χ0n) is 7.89. The number of hydrogen-bond donors (Lipinski definition) is 1. The minimum absolute atomic E-state index is 0.375. The number of aromatic carboxylic acids is 1. The molecule has 0 aliphatic carbocycles. The van der Waals surface area contributed by atoms with Crippen molar-refractivity contribution in [1.29, 1.82) is 0 Å². The second kappa shape index (κ2) is 4.04. The molecule has 2 aromatic rings. The van der Waals surface area contributed by atoms with Crippen molar-refractivity contribution in [2.45, 2.75) is 0 Å². The third-order valence-electron chi connectivity index (χ3n) is 1.91. The van der Waals surface area contributed by atoms with E-state index in [1.54, 1.807) is 12.5 Å². The summed E-state index contributed by atoms with van der Waals surface area (Å²) in [6.45, 7) is 0. The highest BCUT2D eigenvalue weighted by Crippen LogP contribution is 2.36. The topological polar surface area (TPSA) is 46.5 Å². The normalized spacial score (nSPS) is 10.2. The molecule has 0 saturated heterocycles. The maximum Gasteiger partial charge on any atom is 0.346 e. The molecule has 5 heteroatoms. The average Bonchev–Trinajstić information content (AvgIpc) is 2.85. The van der Waals surface area contributed by atoms with Gasteiger partial charge in [-0.2, -0.15) is 0 Å². The molecule has 0 radical (unpaired) electrons. The number of rotatable bonds is 3. The van der Waals surface area contributed by atoms with Crippen molar-refractivity contribution in [1.82, 2.24) is 0 Å². The van der Waals surface area contributed by atoms with Crippen LogP contribution in [-0.4, -0.2) is 18.2 Å². The first-order chi connectivity index (χ1) is 7.22. The molecule has 0 aliphatic rings. The van der Waals surface area contributed by atoms with Gasteiger partial charge < -0.3 is 9.84 Å². The lowest BCUT2D eigenvalue weighted by Gasteiger charge is -1.95. The first-order valence-electron chi connectivity index (χ1n) is 4.17. The number of methoxy groups -OCH3 is 1. The Kier molecular flexibility index (Phi) is 2.75. The molecule has 2 aromatic heterocycles. The smallest absolute Gasteiger partial charge is 0.346 e. The third-order valence-corrected chi connectivity index (χ3v) is 3.89. The highest BCUT2D eigenvalue weighted by Gasteiger charge is 2.14. The van der Waals surface area contributed by atoms with E-state index in [-0.39, 0.29) is 0 Å². The van der Waals surface area contributed by atoms with Crippen molar-refractivity contribution >= 4 is 28.6 Å². The molecule has 0 saturated carbocycles. The van der Waals surface area contributed by atoms with Crippen LogP contribution in [0.4, 0.5) is 0 Å². The van der Waals surface area contributed by atoms with Crippen LogP contribution in [0.15, 0.2) is 23.6 Å². The summed E-state index contributed by atoms with van der Waals surface area (Å²) in [4.78, 5) is 12.2. The van der Waals surface area contributed by atoms with Gasteiger partial charge in [0.15, 0.2) is 5.06 Å². The van der Waals surface area contributed by atoms with Gasteiger partial charge in [-0.3, -0.25) is 0 Å². The molecule has 0 aliphatic heterocycles. The number of ether oxygens (including phenoxy) is 1. The lowest BCUT2D eigenvalue weighted by molar-refractivity contribution is 0.0703. The minimum Gasteiger partial charge on any atom is -0.487 e. The van der Waals surface area contributed by atoms with Crippen molar-refractivity contribution in [2.75, 3.05) is 7.11 Å². The molecule has 0 spiro atoms. The van der Waals surface area contributed by atoms with Crippen LogP contribution in [0.3, 0.4) is 0 Å². The van der Waals surface area contributed by atoms with Crippen molar-refractivity contribution in [3.63, 3.8) is 0 Å². The van der Waals surface area contributed by atoms with Gasteiger partial charge in [-0.1, -0.05) is 11.3 Å². The lowest BCUT2D eigenvalue weighted by atomic mass is 10.2. The van der Waals surface area contributed by atoms with Gasteiger partial charge in [0.1, 0.15) is 4.88 Å². The Morgan fingerprint density at radius 2 is 2.20 bits per heavy atom. The highest BCUT2D eigenvalue weighted by molar-refractivity contribution is 7.18. The molecular weight excluding hydrogens is 232 g/mol. The van der Waals surface area contributed by atoms with Crippen molar-refractivity contribution in [2.24, 2.45) is 0 Å². The van der Waals surface area contributed by atoms with Gasteiger partial charge in [-0.05, 0) is 23.6 Å². The Labute approximate surface area is 94.6 Å². The molecule has 78 valence electrons. The summed E-state index contributed by atoms with van der Waals surface area (Å²) in [6, 6.07) is 5.53. The molecule has 0 aromatic carbocycles. The zero-order valence-corrected chi connectivity index (χ0v) is 9.52. The summed E-state index contributed by atoms with van der Waals surface area (Å²) in [5, 5.41) is 11.5. The van der Waals surface area contributed by atoms with E-state index in [1.807, 2.05) is 18.2 Å². The van der Waals surface area contributed by atoms with E-state index in [2.05, 4.69) is 0 Å². The van der Waals surface area contributed by atoms with Gasteiger partial charge in [-0.15, -0.1) is 11.3 Å². The van der Waals surface area contributed by atoms with Crippen LogP contribution < -0.4 is 4.74 Å². The Bertz CT molecular complexity index is 484. The number of thiophene rings is 2. The van der Waals surface area contributed by atoms with Crippen molar-refractivity contribution in [3.05, 3.63) is 28.5 Å².